The molecule has 2 aliphatic rings. The molecule has 1 unspecified atom stereocenters. The fourth-order valence-electron chi connectivity index (χ4n) is 3.12. The van der Waals surface area contributed by atoms with Crippen molar-refractivity contribution in [1.82, 2.24) is 10.2 Å². The minimum Gasteiger partial charge on any atom is -0.546 e. The van der Waals surface area contributed by atoms with Gasteiger partial charge in [0.05, 0.1) is 19.0 Å². The van der Waals surface area contributed by atoms with Gasteiger partial charge in [0, 0.05) is 6.54 Å². The van der Waals surface area contributed by atoms with Crippen LogP contribution in [0.4, 0.5) is 0 Å². The third-order valence-electron chi connectivity index (χ3n) is 4.44. The zero-order valence-electron chi connectivity index (χ0n) is 15.9. The number of methoxy groups -OCH3 is 1. The summed E-state index contributed by atoms with van der Waals surface area (Å²) in [4.78, 5) is 35.4. The largest absolute Gasteiger partial charge is 1.00 e. The van der Waals surface area contributed by atoms with E-state index in [-0.39, 0.29) is 72.3 Å². The Hall–Kier alpha value is -0.460. The summed E-state index contributed by atoms with van der Waals surface area (Å²) in [5.74, 6) is -3.05. The van der Waals surface area contributed by atoms with Gasteiger partial charge in [-0.1, -0.05) is 0 Å². The Balaban J connectivity index is 0.00000196. The number of carboxylic acid groups (broad SMARTS) is 2. The zero-order chi connectivity index (χ0) is 18.9. The number of hydrogen-bond donors (Lipinski definition) is 1. The van der Waals surface area contributed by atoms with E-state index in [1.165, 1.54) is 7.11 Å². The molecule has 2 heterocycles. The summed E-state index contributed by atoms with van der Waals surface area (Å²) < 4.78 is 10.7. The topological polar surface area (TPSA) is 131 Å². The van der Waals surface area contributed by atoms with E-state index in [2.05, 4.69) is 0 Å². The molecule has 1 atom stereocenters. The van der Waals surface area contributed by atoms with Gasteiger partial charge >= 0.3 is 59.1 Å². The van der Waals surface area contributed by atoms with E-state index in [1.807, 2.05) is 5.32 Å². The van der Waals surface area contributed by atoms with Crippen molar-refractivity contribution in [2.75, 3.05) is 26.0 Å². The number of carboxylic acids is 2. The Morgan fingerprint density at radius 2 is 1.75 bits per heavy atom. The predicted octanol–water partition coefficient (Wildman–Crippen LogP) is -8.46. The van der Waals surface area contributed by atoms with Crippen LogP contribution in [-0.4, -0.2) is 59.3 Å². The molecule has 1 aromatic rings. The first kappa shape index (κ1) is 25.6. The van der Waals surface area contributed by atoms with E-state index < -0.39 is 28.4 Å². The van der Waals surface area contributed by atoms with Crippen LogP contribution in [0.3, 0.4) is 0 Å². The molecule has 3 rings (SSSR count). The Morgan fingerprint density at radius 3 is 2.29 bits per heavy atom. The maximum absolute atomic E-state index is 12.6. The normalized spacial score (nSPS) is 22.7. The van der Waals surface area contributed by atoms with E-state index in [0.717, 1.165) is 16.7 Å². The van der Waals surface area contributed by atoms with Crippen molar-refractivity contribution < 1.29 is 93.2 Å². The predicted molar refractivity (Wildman–Crippen MR) is 85.9 cm³/mol. The van der Waals surface area contributed by atoms with Crippen LogP contribution in [0, 0.1) is 0 Å². The number of thioether (sulfide) groups is 1. The van der Waals surface area contributed by atoms with Crippen molar-refractivity contribution in [1.29, 1.82) is 0 Å². The molecule has 12 heteroatoms. The van der Waals surface area contributed by atoms with Gasteiger partial charge in [-0.15, -0.1) is 11.8 Å². The third kappa shape index (κ3) is 4.20. The Labute approximate surface area is 210 Å². The molecule has 1 amide bonds. The Bertz CT molecular complexity index is 735. The van der Waals surface area contributed by atoms with Crippen LogP contribution in [0.15, 0.2) is 24.3 Å². The summed E-state index contributed by atoms with van der Waals surface area (Å²) in [5.41, 5.74) is -2.71. The summed E-state index contributed by atoms with van der Waals surface area (Å²) in [6.45, 7) is -0.169. The van der Waals surface area contributed by atoms with Gasteiger partial charge < -0.3 is 34.6 Å². The Morgan fingerprint density at radius 1 is 1.18 bits per heavy atom. The van der Waals surface area contributed by atoms with Gasteiger partial charge in [0.1, 0.15) is 18.1 Å². The molecular formula is C16H16N2Na2O7S. The molecule has 0 spiro atoms. The van der Waals surface area contributed by atoms with Gasteiger partial charge in [-0.3, -0.25) is 4.79 Å². The maximum atomic E-state index is 12.6. The van der Waals surface area contributed by atoms with Crippen molar-refractivity contribution in [2.45, 2.75) is 17.0 Å². The third-order valence-corrected chi connectivity index (χ3v) is 5.94. The number of hydrogen-bond acceptors (Lipinski definition) is 9. The summed E-state index contributed by atoms with van der Waals surface area (Å²) in [5, 5.41) is 25.2. The average molecular weight is 426 g/mol. The standard InChI is InChI=1S/C16H18N2O7S.2Na/c1-24-10-3-5-11(6-4-10)25-9-15-12(19)17-16(13(20)21,14(22)23)18(15)7-2-8-26-15;;/h3-6H,2,7-9H2,1H3,(H,17,19)(H,20,21)(H,22,23);;/q;2*+1/p-2. The number of carbonyl (C=O) groups excluding carboxylic acids is 3. The molecule has 0 aromatic heterocycles. The average Bonchev–Trinajstić information content (AvgIpc) is 2.91. The number of benzene rings is 1. The van der Waals surface area contributed by atoms with Crippen molar-refractivity contribution >= 4 is 29.6 Å². The SMILES string of the molecule is COc1ccc(OCC23SCCCN2C(C(=O)[O-])(C(=O)[O-])NC3=O)cc1.[Na+].[Na+]. The number of nitrogens with zero attached hydrogens (tertiary/aromatic N) is 1. The molecule has 2 aliphatic heterocycles. The Kier molecular flexibility index (Phi) is 9.16. The minimum absolute atomic E-state index is 0. The number of rotatable bonds is 6. The molecule has 9 nitrogen and oxygen atoms in total. The van der Waals surface area contributed by atoms with E-state index in [4.69, 9.17) is 9.47 Å². The fraction of sp³-hybridized carbons (Fsp3) is 0.438. The van der Waals surface area contributed by atoms with Crippen molar-refractivity contribution in [2.24, 2.45) is 0 Å². The second-order valence-corrected chi connectivity index (χ2v) is 7.21. The molecule has 0 saturated carbocycles. The first-order valence-corrected chi connectivity index (χ1v) is 8.79. The summed E-state index contributed by atoms with van der Waals surface area (Å²) >= 11 is 1.14. The van der Waals surface area contributed by atoms with Crippen LogP contribution < -0.4 is 84.1 Å². The number of fused-ring (bicyclic) bond motifs is 1. The van der Waals surface area contributed by atoms with E-state index in [9.17, 15) is 24.6 Å². The zero-order valence-corrected chi connectivity index (χ0v) is 20.7. The quantitative estimate of drug-likeness (QED) is 0.348. The van der Waals surface area contributed by atoms with Gasteiger partial charge in [0.25, 0.3) is 5.91 Å². The number of carbonyl (C=O) groups is 3. The monoisotopic (exact) mass is 426 g/mol. The number of aliphatic carboxylic acids is 2. The minimum atomic E-state index is -2.71. The van der Waals surface area contributed by atoms with Crippen LogP contribution in [0.1, 0.15) is 6.42 Å². The van der Waals surface area contributed by atoms with Gasteiger partial charge in [-0.25, -0.2) is 4.90 Å². The number of ether oxygens (including phenoxy) is 2. The molecule has 0 radical (unpaired) electrons. The number of nitrogens with one attached hydrogen (secondary N) is 1. The molecule has 28 heavy (non-hydrogen) atoms. The first-order chi connectivity index (χ1) is 12.4. The van der Waals surface area contributed by atoms with Crippen molar-refractivity contribution in [3.63, 3.8) is 0 Å². The summed E-state index contributed by atoms with van der Waals surface area (Å²) in [6, 6.07) is 6.59. The van der Waals surface area contributed by atoms with Gasteiger partial charge in [0.2, 0.25) is 0 Å². The van der Waals surface area contributed by atoms with Crippen LogP contribution in [0.2, 0.25) is 0 Å². The van der Waals surface area contributed by atoms with Crippen molar-refractivity contribution in [3.05, 3.63) is 24.3 Å². The molecule has 140 valence electrons. The maximum Gasteiger partial charge on any atom is 1.00 e. The molecule has 2 saturated heterocycles. The molecule has 1 N–H and O–H groups in total. The van der Waals surface area contributed by atoms with Gasteiger partial charge in [-0.05, 0) is 36.4 Å². The van der Waals surface area contributed by atoms with Crippen LogP contribution in [0.25, 0.3) is 0 Å². The van der Waals surface area contributed by atoms with E-state index >= 15 is 0 Å². The molecule has 2 fully saturated rings. The summed E-state index contributed by atoms with van der Waals surface area (Å²) in [7, 11) is 1.52. The second-order valence-electron chi connectivity index (χ2n) is 5.84. The van der Waals surface area contributed by atoms with E-state index in [0.29, 0.717) is 23.7 Å². The van der Waals surface area contributed by atoms with E-state index in [1.54, 1.807) is 24.3 Å². The van der Waals surface area contributed by atoms with Gasteiger partial charge in [-0.2, -0.15) is 0 Å². The molecular weight excluding hydrogens is 410 g/mol. The summed E-state index contributed by atoms with van der Waals surface area (Å²) in [6.07, 6.45) is 0.506. The molecule has 1 aromatic carbocycles. The van der Waals surface area contributed by atoms with Crippen LogP contribution >= 0.6 is 11.8 Å². The van der Waals surface area contributed by atoms with Gasteiger partial charge in [0.15, 0.2) is 10.5 Å². The van der Waals surface area contributed by atoms with Crippen LogP contribution in [0.5, 0.6) is 11.5 Å². The smallest absolute Gasteiger partial charge is 0.546 e. The number of amides is 1. The van der Waals surface area contributed by atoms with Crippen LogP contribution in [-0.2, 0) is 14.4 Å². The fourth-order valence-corrected chi connectivity index (χ4v) is 4.44. The molecule has 0 aliphatic carbocycles. The second kappa shape index (κ2) is 10.0. The first-order valence-electron chi connectivity index (χ1n) is 7.81. The molecule has 0 bridgehead atoms. The van der Waals surface area contributed by atoms with Crippen molar-refractivity contribution in [3.8, 4) is 11.5 Å².